The maximum atomic E-state index is 12.7. The summed E-state index contributed by atoms with van der Waals surface area (Å²) >= 11 is 7.84. The van der Waals surface area contributed by atoms with Crippen molar-refractivity contribution in [1.82, 2.24) is 10.3 Å². The summed E-state index contributed by atoms with van der Waals surface area (Å²) in [6, 6.07) is 2.23. The number of aromatic nitrogens is 1. The number of rotatable bonds is 6. The number of nitrogens with one attached hydrogen (secondary N) is 1. The van der Waals surface area contributed by atoms with E-state index in [0.717, 1.165) is 42.0 Å². The number of carbonyl (C=O) groups is 1. The van der Waals surface area contributed by atoms with Gasteiger partial charge in [-0.15, -0.1) is 11.8 Å². The maximum absolute atomic E-state index is 12.7. The van der Waals surface area contributed by atoms with Crippen LogP contribution in [-0.4, -0.2) is 22.7 Å². The molecule has 0 spiro atoms. The molecule has 1 N–H and O–H groups in total. The Morgan fingerprint density at radius 3 is 2.73 bits per heavy atom. The molecule has 0 radical (unpaired) electrons. The van der Waals surface area contributed by atoms with Gasteiger partial charge in [-0.2, -0.15) is 0 Å². The monoisotopic (exact) mass is 340 g/mol. The van der Waals surface area contributed by atoms with Crippen LogP contribution in [0.1, 0.15) is 68.3 Å². The van der Waals surface area contributed by atoms with Crippen molar-refractivity contribution in [1.29, 1.82) is 0 Å². The van der Waals surface area contributed by atoms with Gasteiger partial charge in [0.05, 0.1) is 5.56 Å². The quantitative estimate of drug-likeness (QED) is 0.593. The molecule has 22 heavy (non-hydrogen) atoms. The van der Waals surface area contributed by atoms with Gasteiger partial charge in [0, 0.05) is 6.04 Å². The van der Waals surface area contributed by atoms with Crippen molar-refractivity contribution in [2.24, 2.45) is 0 Å². The minimum absolute atomic E-state index is 0.00405. The molecule has 0 saturated heterocycles. The summed E-state index contributed by atoms with van der Waals surface area (Å²) < 4.78 is 0. The number of hydrogen-bond donors (Lipinski definition) is 1. The zero-order valence-corrected chi connectivity index (χ0v) is 15.0. The zero-order valence-electron chi connectivity index (χ0n) is 13.5. The summed E-state index contributed by atoms with van der Waals surface area (Å²) in [7, 11) is 0. The van der Waals surface area contributed by atoms with E-state index >= 15 is 0 Å². The van der Waals surface area contributed by atoms with Crippen molar-refractivity contribution in [3.8, 4) is 0 Å². The highest BCUT2D eigenvalue weighted by Gasteiger charge is 2.20. The van der Waals surface area contributed by atoms with Crippen molar-refractivity contribution in [2.45, 2.75) is 69.9 Å². The van der Waals surface area contributed by atoms with Crippen LogP contribution in [0.15, 0.2) is 11.1 Å². The van der Waals surface area contributed by atoms with Gasteiger partial charge in [0.1, 0.15) is 10.2 Å². The van der Waals surface area contributed by atoms with E-state index in [-0.39, 0.29) is 5.91 Å². The molecule has 0 atom stereocenters. The number of halogens is 1. The van der Waals surface area contributed by atoms with Crippen molar-refractivity contribution in [2.75, 3.05) is 5.75 Å². The first-order valence-corrected chi connectivity index (χ1v) is 9.65. The second kappa shape index (κ2) is 8.78. The summed E-state index contributed by atoms with van der Waals surface area (Å²) in [6.45, 7) is 4.15. The lowest BCUT2D eigenvalue weighted by molar-refractivity contribution is 0.0924. The number of nitrogens with zero attached hydrogens (tertiary/aromatic N) is 1. The van der Waals surface area contributed by atoms with Crippen LogP contribution < -0.4 is 5.32 Å². The summed E-state index contributed by atoms with van der Waals surface area (Å²) in [4.78, 5) is 17.1. The van der Waals surface area contributed by atoms with Crippen molar-refractivity contribution in [3.05, 3.63) is 22.3 Å². The molecule has 0 unspecified atom stereocenters. The van der Waals surface area contributed by atoms with E-state index in [1.165, 1.54) is 19.3 Å². The first-order valence-electron chi connectivity index (χ1n) is 8.28. The van der Waals surface area contributed by atoms with Crippen molar-refractivity contribution >= 4 is 29.3 Å². The number of carbonyl (C=O) groups excluding carboxylic acids is 1. The predicted octanol–water partition coefficient (Wildman–Crippen LogP) is 4.86. The molecule has 1 amide bonds. The van der Waals surface area contributed by atoms with E-state index in [9.17, 15) is 4.79 Å². The first-order chi connectivity index (χ1) is 10.7. The van der Waals surface area contributed by atoms with E-state index in [2.05, 4.69) is 17.2 Å². The van der Waals surface area contributed by atoms with Crippen LogP contribution in [0.2, 0.25) is 5.15 Å². The number of pyridine rings is 1. The molecule has 0 aliphatic heterocycles. The van der Waals surface area contributed by atoms with Gasteiger partial charge >= 0.3 is 0 Å². The van der Waals surface area contributed by atoms with Crippen LogP contribution in [0.3, 0.4) is 0 Å². The number of amides is 1. The molecular formula is C17H25ClN2OS. The standard InChI is InChI=1S/C17H25ClN2OS/c1-3-10-22-17-14(11-12(4-2)15(18)20-17)16(21)19-13-8-6-5-7-9-13/h11,13H,3-10H2,1-2H3,(H,19,21). The summed E-state index contributed by atoms with van der Waals surface area (Å²) in [6.07, 6.45) is 7.71. The van der Waals surface area contributed by atoms with E-state index in [1.807, 2.05) is 13.0 Å². The smallest absolute Gasteiger partial charge is 0.254 e. The lowest BCUT2D eigenvalue weighted by Gasteiger charge is -2.23. The molecule has 1 aromatic rings. The first kappa shape index (κ1) is 17.6. The Morgan fingerprint density at radius 2 is 2.09 bits per heavy atom. The lowest BCUT2D eigenvalue weighted by Crippen LogP contribution is -2.36. The fourth-order valence-corrected chi connectivity index (χ4v) is 3.93. The highest BCUT2D eigenvalue weighted by Crippen LogP contribution is 2.27. The molecule has 5 heteroatoms. The van der Waals surface area contributed by atoms with Gasteiger partial charge in [0.2, 0.25) is 0 Å². The molecule has 1 fully saturated rings. The van der Waals surface area contributed by atoms with Gasteiger partial charge in [-0.3, -0.25) is 4.79 Å². The van der Waals surface area contributed by atoms with Crippen LogP contribution in [0.25, 0.3) is 0 Å². The van der Waals surface area contributed by atoms with E-state index < -0.39 is 0 Å². The van der Waals surface area contributed by atoms with E-state index in [1.54, 1.807) is 11.8 Å². The normalized spacial score (nSPS) is 15.8. The molecule has 3 nitrogen and oxygen atoms in total. The van der Waals surface area contributed by atoms with Gasteiger partial charge < -0.3 is 5.32 Å². The minimum atomic E-state index is 0.00405. The Balaban J connectivity index is 2.19. The third kappa shape index (κ3) is 4.63. The average Bonchev–Trinajstić information content (AvgIpc) is 2.53. The molecule has 1 aromatic heterocycles. The molecule has 0 bridgehead atoms. The number of thioether (sulfide) groups is 1. The van der Waals surface area contributed by atoms with Gasteiger partial charge in [0.25, 0.3) is 5.91 Å². The molecule has 2 rings (SSSR count). The SMILES string of the molecule is CCCSc1nc(Cl)c(CC)cc1C(=O)NC1CCCCC1. The highest BCUT2D eigenvalue weighted by molar-refractivity contribution is 7.99. The summed E-state index contributed by atoms with van der Waals surface area (Å²) in [5.74, 6) is 0.947. The third-order valence-electron chi connectivity index (χ3n) is 4.02. The van der Waals surface area contributed by atoms with Crippen molar-refractivity contribution in [3.63, 3.8) is 0 Å². The fraction of sp³-hybridized carbons (Fsp3) is 0.647. The van der Waals surface area contributed by atoms with Crippen LogP contribution in [0, 0.1) is 0 Å². The molecule has 122 valence electrons. The van der Waals surface area contributed by atoms with Crippen LogP contribution in [-0.2, 0) is 6.42 Å². The van der Waals surface area contributed by atoms with E-state index in [4.69, 9.17) is 11.6 Å². The Morgan fingerprint density at radius 1 is 1.36 bits per heavy atom. The van der Waals surface area contributed by atoms with E-state index in [0.29, 0.717) is 16.8 Å². The molecule has 1 aliphatic rings. The van der Waals surface area contributed by atoms with Crippen LogP contribution in [0.5, 0.6) is 0 Å². The van der Waals surface area contributed by atoms with Gasteiger partial charge in [-0.1, -0.05) is 44.7 Å². The summed E-state index contributed by atoms with van der Waals surface area (Å²) in [5, 5.41) is 4.47. The summed E-state index contributed by atoms with van der Waals surface area (Å²) in [5.41, 5.74) is 1.63. The molecule has 0 aromatic carbocycles. The lowest BCUT2D eigenvalue weighted by atomic mass is 9.95. The zero-order chi connectivity index (χ0) is 15.9. The minimum Gasteiger partial charge on any atom is -0.349 e. The number of hydrogen-bond acceptors (Lipinski definition) is 3. The van der Waals surface area contributed by atoms with Gasteiger partial charge in [-0.25, -0.2) is 4.98 Å². The maximum Gasteiger partial charge on any atom is 0.254 e. The Kier molecular flexibility index (Phi) is 7.03. The number of aryl methyl sites for hydroxylation is 1. The highest BCUT2D eigenvalue weighted by atomic mass is 35.5. The Hall–Kier alpha value is -0.740. The average molecular weight is 341 g/mol. The largest absolute Gasteiger partial charge is 0.349 e. The van der Waals surface area contributed by atoms with Crippen LogP contribution in [0.4, 0.5) is 0 Å². The molecule has 1 heterocycles. The Bertz CT molecular complexity index is 516. The van der Waals surface area contributed by atoms with Crippen molar-refractivity contribution < 1.29 is 4.79 Å². The molecule has 1 saturated carbocycles. The van der Waals surface area contributed by atoms with Gasteiger partial charge in [0.15, 0.2) is 0 Å². The topological polar surface area (TPSA) is 42.0 Å². The molecular weight excluding hydrogens is 316 g/mol. The second-order valence-electron chi connectivity index (χ2n) is 5.80. The second-order valence-corrected chi connectivity index (χ2v) is 7.24. The Labute approximate surface area is 142 Å². The molecule has 1 aliphatic carbocycles. The fourth-order valence-electron chi connectivity index (χ4n) is 2.75. The van der Waals surface area contributed by atoms with Crippen LogP contribution >= 0.6 is 23.4 Å². The van der Waals surface area contributed by atoms with Gasteiger partial charge in [-0.05, 0) is 43.1 Å². The third-order valence-corrected chi connectivity index (χ3v) is 5.55. The predicted molar refractivity (Wildman–Crippen MR) is 94.0 cm³/mol.